The Hall–Kier alpha value is -3.38. The van der Waals surface area contributed by atoms with Crippen molar-refractivity contribution in [3.8, 4) is 18.2 Å². The highest BCUT2D eigenvalue weighted by Gasteiger charge is 2.10. The Balaban J connectivity index is 2.47. The van der Waals surface area contributed by atoms with Crippen LogP contribution in [0.2, 0.25) is 0 Å². The van der Waals surface area contributed by atoms with Gasteiger partial charge in [-0.05, 0) is 35.0 Å². The Kier molecular flexibility index (Phi) is 4.29. The third kappa shape index (κ3) is 3.45. The number of rotatable bonds is 3. The van der Waals surface area contributed by atoms with E-state index in [1.165, 1.54) is 18.2 Å². The van der Waals surface area contributed by atoms with Crippen molar-refractivity contribution in [2.75, 3.05) is 5.32 Å². The van der Waals surface area contributed by atoms with Crippen LogP contribution in [-0.4, -0.2) is 13.0 Å². The number of benzene rings is 2. The molecule has 0 aromatic heterocycles. The molecule has 0 aliphatic rings. The van der Waals surface area contributed by atoms with Crippen LogP contribution in [0.25, 0.3) is 10.8 Å². The van der Waals surface area contributed by atoms with Gasteiger partial charge < -0.3 is 5.32 Å². The Bertz CT molecular complexity index is 1030. The van der Waals surface area contributed by atoms with Gasteiger partial charge in [0.2, 0.25) is 0 Å². The van der Waals surface area contributed by atoms with Crippen LogP contribution in [0.4, 0.5) is 5.69 Å². The summed E-state index contributed by atoms with van der Waals surface area (Å²) >= 11 is 0. The van der Waals surface area contributed by atoms with Crippen molar-refractivity contribution in [1.29, 1.82) is 15.8 Å². The maximum Gasteiger partial charge on any atom is 0.294 e. The van der Waals surface area contributed by atoms with Crippen LogP contribution >= 0.6 is 0 Å². The highest BCUT2D eigenvalue weighted by Crippen LogP contribution is 2.23. The minimum atomic E-state index is -4.28. The molecule has 112 valence electrons. The third-order valence-electron chi connectivity index (χ3n) is 2.96. The van der Waals surface area contributed by atoms with E-state index in [9.17, 15) is 8.42 Å². The molecule has 2 rings (SSSR count). The standard InChI is InChI=1S/C15H8N4O3S/c16-7-12(8-17)15(9-18)19-13-3-1-11-6-14(23(20,21)22)4-2-10(11)5-13/h1-6,19H,(H,20,21,22). The van der Waals surface area contributed by atoms with Gasteiger partial charge in [-0.3, -0.25) is 4.55 Å². The SMILES string of the molecule is N#CC(C#N)=C(C#N)Nc1ccc2cc(S(=O)(=O)O)ccc2c1. The summed E-state index contributed by atoms with van der Waals surface area (Å²) < 4.78 is 31.2. The minimum absolute atomic E-state index is 0.177. The topological polar surface area (TPSA) is 138 Å². The molecule has 0 aliphatic carbocycles. The number of nitriles is 3. The van der Waals surface area contributed by atoms with Gasteiger partial charge in [-0.1, -0.05) is 12.1 Å². The number of fused-ring (bicyclic) bond motifs is 1. The highest BCUT2D eigenvalue weighted by atomic mass is 32.2. The molecule has 2 aromatic rings. The number of hydrogen-bond acceptors (Lipinski definition) is 6. The molecule has 0 atom stereocenters. The van der Waals surface area contributed by atoms with Crippen molar-refractivity contribution >= 4 is 26.6 Å². The predicted octanol–water partition coefficient (Wildman–Crippen LogP) is 2.32. The summed E-state index contributed by atoms with van der Waals surface area (Å²) in [5, 5.41) is 30.4. The van der Waals surface area contributed by atoms with Crippen molar-refractivity contribution in [2.45, 2.75) is 4.90 Å². The summed E-state index contributed by atoms with van der Waals surface area (Å²) in [6.45, 7) is 0. The lowest BCUT2D eigenvalue weighted by atomic mass is 10.1. The van der Waals surface area contributed by atoms with Crippen molar-refractivity contribution in [3.05, 3.63) is 47.7 Å². The maximum atomic E-state index is 11.1. The molecule has 2 N–H and O–H groups in total. The maximum absolute atomic E-state index is 11.1. The van der Waals surface area contributed by atoms with Crippen molar-refractivity contribution in [1.82, 2.24) is 0 Å². The Morgan fingerprint density at radius 2 is 1.57 bits per heavy atom. The fraction of sp³-hybridized carbons (Fsp3) is 0. The zero-order valence-electron chi connectivity index (χ0n) is 11.5. The number of nitrogens with one attached hydrogen (secondary N) is 1. The third-order valence-corrected chi connectivity index (χ3v) is 3.81. The van der Waals surface area contributed by atoms with Gasteiger partial charge in [-0.25, -0.2) is 0 Å². The molecule has 7 nitrogen and oxygen atoms in total. The molecule has 8 heteroatoms. The van der Waals surface area contributed by atoms with Crippen molar-refractivity contribution in [3.63, 3.8) is 0 Å². The Morgan fingerprint density at radius 3 is 2.13 bits per heavy atom. The van der Waals surface area contributed by atoms with Crippen LogP contribution in [0, 0.1) is 34.0 Å². The second-order valence-electron chi connectivity index (χ2n) is 4.41. The van der Waals surface area contributed by atoms with E-state index >= 15 is 0 Å². The summed E-state index contributed by atoms with van der Waals surface area (Å²) in [6.07, 6.45) is 0. The molecule has 0 radical (unpaired) electrons. The van der Waals surface area contributed by atoms with Gasteiger partial charge in [0.05, 0.1) is 4.90 Å². The predicted molar refractivity (Wildman–Crippen MR) is 81.3 cm³/mol. The normalized spacial score (nSPS) is 10.2. The van der Waals surface area contributed by atoms with E-state index in [2.05, 4.69) is 5.32 Å². The van der Waals surface area contributed by atoms with Gasteiger partial charge >= 0.3 is 0 Å². The lowest BCUT2D eigenvalue weighted by Crippen LogP contribution is -2.01. The van der Waals surface area contributed by atoms with E-state index in [0.717, 1.165) is 0 Å². The van der Waals surface area contributed by atoms with Gasteiger partial charge in [-0.15, -0.1) is 0 Å². The van der Waals surface area contributed by atoms with Crippen LogP contribution in [0.3, 0.4) is 0 Å². The lowest BCUT2D eigenvalue weighted by Gasteiger charge is -2.07. The fourth-order valence-corrected chi connectivity index (χ4v) is 2.41. The second kappa shape index (κ2) is 6.17. The molecular weight excluding hydrogens is 316 g/mol. The van der Waals surface area contributed by atoms with Crippen molar-refractivity contribution < 1.29 is 13.0 Å². The van der Waals surface area contributed by atoms with Crippen LogP contribution in [0.5, 0.6) is 0 Å². The van der Waals surface area contributed by atoms with E-state index in [1.807, 2.05) is 0 Å². The highest BCUT2D eigenvalue weighted by molar-refractivity contribution is 7.85. The first-order chi connectivity index (χ1) is 10.9. The average molecular weight is 324 g/mol. The number of allylic oxidation sites excluding steroid dienone is 2. The minimum Gasteiger partial charge on any atom is -0.345 e. The zero-order valence-corrected chi connectivity index (χ0v) is 12.3. The number of anilines is 1. The first-order valence-corrected chi connectivity index (χ1v) is 7.56. The molecule has 2 aromatic carbocycles. The van der Waals surface area contributed by atoms with Gasteiger partial charge in [0.25, 0.3) is 10.1 Å². The molecule has 0 heterocycles. The zero-order chi connectivity index (χ0) is 17.0. The largest absolute Gasteiger partial charge is 0.345 e. The Labute approximate surface area is 132 Å². The molecule has 0 unspecified atom stereocenters. The van der Waals surface area contributed by atoms with E-state index < -0.39 is 10.1 Å². The smallest absolute Gasteiger partial charge is 0.294 e. The quantitative estimate of drug-likeness (QED) is 0.652. The van der Waals surface area contributed by atoms with Crippen molar-refractivity contribution in [2.24, 2.45) is 0 Å². The molecule has 23 heavy (non-hydrogen) atoms. The molecule has 0 bridgehead atoms. The second-order valence-corrected chi connectivity index (χ2v) is 5.83. The van der Waals surface area contributed by atoms with Crippen LogP contribution in [-0.2, 0) is 10.1 Å². The van der Waals surface area contributed by atoms with Gasteiger partial charge in [0.1, 0.15) is 23.9 Å². The average Bonchev–Trinajstić information content (AvgIpc) is 2.53. The fourth-order valence-electron chi connectivity index (χ4n) is 1.89. The van der Waals surface area contributed by atoms with Crippen LogP contribution in [0.15, 0.2) is 52.6 Å². The molecule has 0 saturated heterocycles. The monoisotopic (exact) mass is 324 g/mol. The van der Waals surface area contributed by atoms with E-state index in [1.54, 1.807) is 36.4 Å². The summed E-state index contributed by atoms with van der Waals surface area (Å²) in [5.74, 6) is 0. The molecule has 0 spiro atoms. The van der Waals surface area contributed by atoms with Crippen LogP contribution in [0.1, 0.15) is 0 Å². The Morgan fingerprint density at radius 1 is 0.957 bits per heavy atom. The van der Waals surface area contributed by atoms with Gasteiger partial charge in [-0.2, -0.15) is 24.2 Å². The van der Waals surface area contributed by atoms with E-state index in [4.69, 9.17) is 20.3 Å². The molecular formula is C15H8N4O3S. The molecule has 0 aliphatic heterocycles. The number of hydrogen-bond donors (Lipinski definition) is 2. The summed E-state index contributed by atoms with van der Waals surface area (Å²) in [5.41, 5.74) is -0.0603. The van der Waals surface area contributed by atoms with Gasteiger partial charge in [0.15, 0.2) is 5.57 Å². The summed E-state index contributed by atoms with van der Waals surface area (Å²) in [7, 11) is -4.28. The first kappa shape index (κ1) is 16.0. The van der Waals surface area contributed by atoms with Crippen LogP contribution < -0.4 is 5.32 Å². The first-order valence-electron chi connectivity index (χ1n) is 6.12. The molecule has 0 fully saturated rings. The number of nitrogens with zero attached hydrogens (tertiary/aromatic N) is 3. The lowest BCUT2D eigenvalue weighted by molar-refractivity contribution is 0.483. The summed E-state index contributed by atoms with van der Waals surface area (Å²) in [4.78, 5) is -0.223. The molecule has 0 amide bonds. The molecule has 0 saturated carbocycles. The van der Waals surface area contributed by atoms with E-state index in [0.29, 0.717) is 16.5 Å². The van der Waals surface area contributed by atoms with Gasteiger partial charge in [0, 0.05) is 5.69 Å². The summed E-state index contributed by atoms with van der Waals surface area (Å²) in [6, 6.07) is 13.8. The van der Waals surface area contributed by atoms with E-state index in [-0.39, 0.29) is 16.2 Å².